The van der Waals surface area contributed by atoms with Crippen LogP contribution in [0, 0.1) is 0 Å². The molecule has 3 rings (SSSR count). The topological polar surface area (TPSA) is 52.8 Å². The lowest BCUT2D eigenvalue weighted by Crippen LogP contribution is -2.16. The second kappa shape index (κ2) is 5.95. The van der Waals surface area contributed by atoms with Crippen molar-refractivity contribution < 1.29 is 14.3 Å². The summed E-state index contributed by atoms with van der Waals surface area (Å²) in [4.78, 5) is 16.6. The summed E-state index contributed by atoms with van der Waals surface area (Å²) in [5.74, 6) is -0.401. The molecule has 1 aliphatic heterocycles. The molecular weight excluding hydrogens is 300 g/mol. The minimum Gasteiger partial charge on any atom is -0.460 e. The molecule has 0 radical (unpaired) electrons. The Morgan fingerprint density at radius 1 is 1.70 bits per heavy atom. The van der Waals surface area contributed by atoms with E-state index in [1.54, 1.807) is 6.08 Å². The Kier molecular flexibility index (Phi) is 4.05. The van der Waals surface area contributed by atoms with Crippen molar-refractivity contribution in [3.63, 3.8) is 0 Å². The van der Waals surface area contributed by atoms with Crippen molar-refractivity contribution in [1.29, 1.82) is 0 Å². The van der Waals surface area contributed by atoms with E-state index in [0.717, 1.165) is 24.4 Å². The van der Waals surface area contributed by atoms with E-state index in [1.807, 2.05) is 16.0 Å². The highest BCUT2D eigenvalue weighted by Crippen LogP contribution is 2.22. The average Bonchev–Trinajstić information content (AvgIpc) is 3.11. The van der Waals surface area contributed by atoms with Crippen LogP contribution in [-0.2, 0) is 14.3 Å². The fourth-order valence-corrected chi connectivity index (χ4v) is 3.08. The van der Waals surface area contributed by atoms with Gasteiger partial charge in [-0.05, 0) is 18.9 Å². The lowest BCUT2D eigenvalue weighted by molar-refractivity contribution is -0.140. The summed E-state index contributed by atoms with van der Waals surface area (Å²) in [6, 6.07) is 0. The van der Waals surface area contributed by atoms with Crippen LogP contribution >= 0.6 is 22.9 Å². The number of ether oxygens (including phenoxy) is 2. The summed E-state index contributed by atoms with van der Waals surface area (Å²) >= 11 is 7.51. The van der Waals surface area contributed by atoms with Crippen LogP contribution in [0.4, 0.5) is 0 Å². The Labute approximate surface area is 124 Å². The number of fused-ring (bicyclic) bond motifs is 1. The van der Waals surface area contributed by atoms with Crippen molar-refractivity contribution in [3.05, 3.63) is 28.5 Å². The SMILES string of the molecule is O=C(/C=C/c1c(Cl)nc2sccn12)OC[C@@H]1CCCO1. The number of rotatable bonds is 4. The van der Waals surface area contributed by atoms with Gasteiger partial charge in [-0.2, -0.15) is 0 Å². The molecular formula is C13H13ClN2O3S. The maximum absolute atomic E-state index is 11.6. The predicted octanol–water partition coefficient (Wildman–Crippen LogP) is 2.78. The zero-order valence-electron chi connectivity index (χ0n) is 10.6. The molecule has 1 fully saturated rings. The first-order valence-electron chi connectivity index (χ1n) is 6.31. The summed E-state index contributed by atoms with van der Waals surface area (Å²) in [6.07, 6.45) is 6.85. The van der Waals surface area contributed by atoms with Crippen LogP contribution in [0.5, 0.6) is 0 Å². The van der Waals surface area contributed by atoms with E-state index in [4.69, 9.17) is 21.1 Å². The molecule has 1 atom stereocenters. The third-order valence-corrected chi connectivity index (χ3v) is 4.10. The average molecular weight is 313 g/mol. The number of nitrogens with zero attached hydrogens (tertiary/aromatic N) is 2. The maximum atomic E-state index is 11.6. The van der Waals surface area contributed by atoms with E-state index in [-0.39, 0.29) is 6.10 Å². The highest BCUT2D eigenvalue weighted by molar-refractivity contribution is 7.15. The lowest BCUT2D eigenvalue weighted by atomic mass is 10.2. The second-order valence-electron chi connectivity index (χ2n) is 4.44. The number of halogens is 1. The van der Waals surface area contributed by atoms with Gasteiger partial charge >= 0.3 is 5.97 Å². The van der Waals surface area contributed by atoms with E-state index < -0.39 is 5.97 Å². The van der Waals surface area contributed by atoms with Crippen molar-refractivity contribution >= 4 is 39.9 Å². The van der Waals surface area contributed by atoms with Crippen molar-refractivity contribution in [3.8, 4) is 0 Å². The van der Waals surface area contributed by atoms with Crippen LogP contribution in [0.15, 0.2) is 17.7 Å². The van der Waals surface area contributed by atoms with Gasteiger partial charge in [0.15, 0.2) is 10.1 Å². The molecule has 0 saturated carbocycles. The number of thiazole rings is 1. The Balaban J connectivity index is 1.62. The molecule has 0 amide bonds. The third kappa shape index (κ3) is 2.87. The molecule has 0 spiro atoms. The molecule has 0 aliphatic carbocycles. The Morgan fingerprint density at radius 2 is 2.60 bits per heavy atom. The van der Waals surface area contributed by atoms with Crippen molar-refractivity contribution in [2.45, 2.75) is 18.9 Å². The van der Waals surface area contributed by atoms with Crippen LogP contribution in [0.2, 0.25) is 5.15 Å². The van der Waals surface area contributed by atoms with Gasteiger partial charge in [0, 0.05) is 24.3 Å². The van der Waals surface area contributed by atoms with Crippen LogP contribution in [-0.4, -0.2) is 34.7 Å². The summed E-state index contributed by atoms with van der Waals surface area (Å²) in [5, 5.41) is 2.28. The number of aromatic nitrogens is 2. The molecule has 20 heavy (non-hydrogen) atoms. The highest BCUT2D eigenvalue weighted by atomic mass is 35.5. The predicted molar refractivity (Wildman–Crippen MR) is 77.0 cm³/mol. The van der Waals surface area contributed by atoms with Gasteiger partial charge in [0.25, 0.3) is 0 Å². The molecule has 0 N–H and O–H groups in total. The fraction of sp³-hybridized carbons (Fsp3) is 0.385. The van der Waals surface area contributed by atoms with Crippen LogP contribution in [0.3, 0.4) is 0 Å². The molecule has 2 aromatic heterocycles. The first-order chi connectivity index (χ1) is 9.74. The van der Waals surface area contributed by atoms with E-state index in [1.165, 1.54) is 17.4 Å². The number of carbonyl (C=O) groups excluding carboxylic acids is 1. The van der Waals surface area contributed by atoms with E-state index in [9.17, 15) is 4.79 Å². The first kappa shape index (κ1) is 13.6. The molecule has 1 aliphatic rings. The normalized spacial score (nSPS) is 19.1. The Morgan fingerprint density at radius 3 is 3.40 bits per heavy atom. The lowest BCUT2D eigenvalue weighted by Gasteiger charge is -2.08. The van der Waals surface area contributed by atoms with Gasteiger partial charge in [-0.25, -0.2) is 9.78 Å². The zero-order valence-corrected chi connectivity index (χ0v) is 12.2. The standard InChI is InChI=1S/C13H13ClN2O3S/c14-12-10(16-5-7-20-13(16)15-12)3-4-11(17)19-8-9-2-1-6-18-9/h3-5,7,9H,1-2,6,8H2/b4-3+/t9-/m0/s1. The van der Waals surface area contributed by atoms with Crippen molar-refractivity contribution in [1.82, 2.24) is 9.38 Å². The van der Waals surface area contributed by atoms with Gasteiger partial charge < -0.3 is 9.47 Å². The number of carbonyl (C=O) groups is 1. The molecule has 1 saturated heterocycles. The largest absolute Gasteiger partial charge is 0.460 e. The van der Waals surface area contributed by atoms with Gasteiger partial charge in [-0.1, -0.05) is 11.6 Å². The third-order valence-electron chi connectivity index (χ3n) is 3.07. The smallest absolute Gasteiger partial charge is 0.330 e. The number of hydrogen-bond donors (Lipinski definition) is 0. The summed E-state index contributed by atoms with van der Waals surface area (Å²) in [5.41, 5.74) is 0.678. The molecule has 3 heterocycles. The second-order valence-corrected chi connectivity index (χ2v) is 5.67. The van der Waals surface area contributed by atoms with E-state index >= 15 is 0 Å². The van der Waals surface area contributed by atoms with Crippen LogP contribution in [0.25, 0.3) is 11.0 Å². The Hall–Kier alpha value is -1.37. The van der Waals surface area contributed by atoms with Gasteiger partial charge in [0.1, 0.15) is 6.61 Å². The molecule has 2 aromatic rings. The fourth-order valence-electron chi connectivity index (χ4n) is 2.07. The first-order valence-corrected chi connectivity index (χ1v) is 7.57. The van der Waals surface area contributed by atoms with E-state index in [0.29, 0.717) is 17.5 Å². The van der Waals surface area contributed by atoms with Crippen molar-refractivity contribution in [2.24, 2.45) is 0 Å². The van der Waals surface area contributed by atoms with Gasteiger partial charge in [0.2, 0.25) is 0 Å². The quantitative estimate of drug-likeness (QED) is 0.643. The summed E-state index contributed by atoms with van der Waals surface area (Å²) in [7, 11) is 0. The maximum Gasteiger partial charge on any atom is 0.330 e. The Bertz CT molecular complexity index is 643. The van der Waals surface area contributed by atoms with Gasteiger partial charge in [0.05, 0.1) is 11.8 Å². The van der Waals surface area contributed by atoms with E-state index in [2.05, 4.69) is 4.98 Å². The highest BCUT2D eigenvalue weighted by Gasteiger charge is 2.16. The molecule has 5 nitrogen and oxygen atoms in total. The number of imidazole rings is 1. The van der Waals surface area contributed by atoms with Crippen molar-refractivity contribution in [2.75, 3.05) is 13.2 Å². The molecule has 106 valence electrons. The van der Waals surface area contributed by atoms with Crippen LogP contribution in [0.1, 0.15) is 18.5 Å². The number of esters is 1. The minimum absolute atomic E-state index is 0.0366. The minimum atomic E-state index is -0.401. The van der Waals surface area contributed by atoms with Gasteiger partial charge in [-0.15, -0.1) is 11.3 Å². The molecule has 0 bridgehead atoms. The monoisotopic (exact) mass is 312 g/mol. The van der Waals surface area contributed by atoms with Gasteiger partial charge in [-0.3, -0.25) is 4.40 Å². The zero-order chi connectivity index (χ0) is 13.9. The van der Waals surface area contributed by atoms with Crippen LogP contribution < -0.4 is 0 Å². The molecule has 0 aromatic carbocycles. The molecule has 0 unspecified atom stereocenters. The summed E-state index contributed by atoms with van der Waals surface area (Å²) in [6.45, 7) is 1.05. The molecule has 7 heteroatoms. The summed E-state index contributed by atoms with van der Waals surface area (Å²) < 4.78 is 12.4. The number of hydrogen-bond acceptors (Lipinski definition) is 5.